The van der Waals surface area contributed by atoms with E-state index in [9.17, 15) is 9.59 Å². The number of hydrogen-bond acceptors (Lipinski definition) is 6. The van der Waals surface area contributed by atoms with Crippen LogP contribution in [-0.2, 0) is 13.0 Å². The summed E-state index contributed by atoms with van der Waals surface area (Å²) in [6.07, 6.45) is 4.94. The van der Waals surface area contributed by atoms with Crippen LogP contribution in [0, 0.1) is 0 Å². The predicted octanol–water partition coefficient (Wildman–Crippen LogP) is 3.89. The van der Waals surface area contributed by atoms with Crippen LogP contribution in [0.2, 0.25) is 0 Å². The monoisotopic (exact) mass is 457 g/mol. The van der Waals surface area contributed by atoms with Crippen LogP contribution in [0.25, 0.3) is 22.5 Å². The third-order valence-corrected chi connectivity index (χ3v) is 5.60. The lowest BCUT2D eigenvalue weighted by Gasteiger charge is -2.08. The average Bonchev–Trinajstić information content (AvgIpc) is 3.51. The zero-order valence-corrected chi connectivity index (χ0v) is 19.1. The molecule has 2 aromatic carbocycles. The van der Waals surface area contributed by atoms with Gasteiger partial charge in [-0.3, -0.25) is 9.36 Å². The number of benzene rings is 2. The highest BCUT2D eigenvalue weighted by atomic mass is 16.2. The number of H-pyrrole nitrogens is 1. The number of aromatic nitrogens is 7. The molecule has 0 unspecified atom stereocenters. The van der Waals surface area contributed by atoms with Gasteiger partial charge in [-0.25, -0.2) is 9.89 Å². The van der Waals surface area contributed by atoms with E-state index >= 15 is 0 Å². The highest BCUT2D eigenvalue weighted by Crippen LogP contribution is 2.24. The molecule has 0 aliphatic heterocycles. The molecule has 4 rings (SSSR count). The Balaban J connectivity index is 1.58. The number of tetrazole rings is 1. The van der Waals surface area contributed by atoms with Gasteiger partial charge in [0.05, 0.1) is 6.54 Å². The molecule has 0 saturated carbocycles. The topological polar surface area (TPSA) is 111 Å². The lowest BCUT2D eigenvalue weighted by Crippen LogP contribution is -2.30. The van der Waals surface area contributed by atoms with Gasteiger partial charge in [-0.2, -0.15) is 0 Å². The van der Waals surface area contributed by atoms with E-state index in [0.29, 0.717) is 37.5 Å². The van der Waals surface area contributed by atoms with Gasteiger partial charge in [-0.1, -0.05) is 61.9 Å². The first-order valence-corrected chi connectivity index (χ1v) is 11.4. The third-order valence-electron chi connectivity index (χ3n) is 5.60. The molecule has 0 radical (unpaired) electrons. The smallest absolute Gasteiger partial charge is 0.274 e. The molecule has 0 bridgehead atoms. The van der Waals surface area contributed by atoms with Crippen LogP contribution in [0.15, 0.2) is 66.0 Å². The lowest BCUT2D eigenvalue weighted by atomic mass is 10.0. The Bertz CT molecular complexity index is 1320. The number of rotatable bonds is 10. The van der Waals surface area contributed by atoms with E-state index in [-0.39, 0.29) is 5.91 Å². The number of nitrogens with zero attached hydrogens (tertiary/aromatic N) is 6. The molecule has 4 aromatic rings. The van der Waals surface area contributed by atoms with Gasteiger partial charge in [0.1, 0.15) is 5.82 Å². The largest absolute Gasteiger partial charge is 0.353 e. The van der Waals surface area contributed by atoms with Crippen LogP contribution in [0.4, 0.5) is 0 Å². The highest BCUT2D eigenvalue weighted by Gasteiger charge is 2.18. The quantitative estimate of drug-likeness (QED) is 0.362. The van der Waals surface area contributed by atoms with Crippen molar-refractivity contribution >= 4 is 5.91 Å². The Kier molecular flexibility index (Phi) is 7.22. The van der Waals surface area contributed by atoms with E-state index in [1.165, 1.54) is 0 Å². The first kappa shape index (κ1) is 23.0. The Morgan fingerprint density at radius 3 is 2.62 bits per heavy atom. The van der Waals surface area contributed by atoms with Gasteiger partial charge in [0.2, 0.25) is 0 Å². The summed E-state index contributed by atoms with van der Waals surface area (Å²) in [4.78, 5) is 25.5. The molecule has 0 aliphatic rings. The van der Waals surface area contributed by atoms with Crippen molar-refractivity contribution in [1.82, 2.24) is 35.0 Å². The van der Waals surface area contributed by atoms with E-state index in [1.807, 2.05) is 55.5 Å². The molecule has 0 fully saturated rings. The third kappa shape index (κ3) is 5.09. The predicted molar refractivity (Wildman–Crippen MR) is 129 cm³/mol. The lowest BCUT2D eigenvalue weighted by molar-refractivity contribution is 0.0878. The molecule has 174 valence electrons. The van der Waals surface area contributed by atoms with Crippen molar-refractivity contribution < 1.29 is 4.79 Å². The van der Waals surface area contributed by atoms with E-state index in [1.54, 1.807) is 10.6 Å². The average molecular weight is 458 g/mol. The number of carbonyl (C=O) groups excluding carboxylic acids is 1. The summed E-state index contributed by atoms with van der Waals surface area (Å²) in [6.45, 7) is 6.11. The molecule has 2 heterocycles. The SMILES string of the molecule is C=CCCc1nn(C(=O)CCCC)c(=O)n1Cc1ccc(-c2cccc(-c3nnn[nH]3)c2)cc1. The van der Waals surface area contributed by atoms with E-state index < -0.39 is 5.69 Å². The number of nitrogens with one attached hydrogen (secondary N) is 1. The molecule has 34 heavy (non-hydrogen) atoms. The fourth-order valence-electron chi connectivity index (χ4n) is 3.72. The minimum absolute atomic E-state index is 0.261. The molecule has 1 N–H and O–H groups in total. The van der Waals surface area contributed by atoms with Crippen molar-refractivity contribution in [3.8, 4) is 22.5 Å². The molecular weight excluding hydrogens is 430 g/mol. The van der Waals surface area contributed by atoms with Crippen molar-refractivity contribution in [2.75, 3.05) is 0 Å². The summed E-state index contributed by atoms with van der Waals surface area (Å²) in [5, 5.41) is 18.3. The van der Waals surface area contributed by atoms with E-state index in [0.717, 1.165) is 39.8 Å². The number of allylic oxidation sites excluding steroid dienone is 1. The summed E-state index contributed by atoms with van der Waals surface area (Å²) < 4.78 is 2.60. The maximum atomic E-state index is 13.0. The molecule has 2 aromatic heterocycles. The summed E-state index contributed by atoms with van der Waals surface area (Å²) in [6, 6.07) is 15.9. The minimum Gasteiger partial charge on any atom is -0.274 e. The second kappa shape index (κ2) is 10.7. The van der Waals surface area contributed by atoms with Crippen LogP contribution in [0.3, 0.4) is 0 Å². The Morgan fingerprint density at radius 2 is 1.91 bits per heavy atom. The minimum atomic E-state index is -0.391. The van der Waals surface area contributed by atoms with E-state index in [2.05, 4.69) is 32.3 Å². The molecule has 9 heteroatoms. The summed E-state index contributed by atoms with van der Waals surface area (Å²) >= 11 is 0. The van der Waals surface area contributed by atoms with Gasteiger partial charge in [-0.15, -0.1) is 21.5 Å². The molecular formula is C25H27N7O2. The molecule has 0 aliphatic carbocycles. The van der Waals surface area contributed by atoms with Crippen LogP contribution in [-0.4, -0.2) is 40.9 Å². The van der Waals surface area contributed by atoms with Crippen LogP contribution < -0.4 is 5.69 Å². The van der Waals surface area contributed by atoms with Gasteiger partial charge in [0.25, 0.3) is 5.91 Å². The van der Waals surface area contributed by atoms with Gasteiger partial charge >= 0.3 is 5.69 Å². The van der Waals surface area contributed by atoms with Crippen LogP contribution >= 0.6 is 0 Å². The number of unbranched alkanes of at least 4 members (excludes halogenated alkanes) is 1. The fraction of sp³-hybridized carbons (Fsp3) is 0.280. The molecule has 0 amide bonds. The number of aromatic amines is 1. The molecule has 0 atom stereocenters. The molecule has 9 nitrogen and oxygen atoms in total. The standard InChI is InChI=1S/C25H27N7O2/c1-3-5-10-22-28-32(23(33)11-6-4-2)25(34)31(22)17-18-12-14-19(15-13-18)20-8-7-9-21(16-20)24-26-29-30-27-24/h3,7-9,12-16H,1,4-6,10-11,17H2,2H3,(H,26,27,29,30). The van der Waals surface area contributed by atoms with Crippen LogP contribution in [0.5, 0.6) is 0 Å². The van der Waals surface area contributed by atoms with Crippen molar-refractivity contribution in [3.63, 3.8) is 0 Å². The Labute approximate surface area is 197 Å². The van der Waals surface area contributed by atoms with Gasteiger partial charge < -0.3 is 0 Å². The van der Waals surface area contributed by atoms with Crippen molar-refractivity contribution in [2.45, 2.75) is 45.6 Å². The Morgan fingerprint density at radius 1 is 1.12 bits per heavy atom. The van der Waals surface area contributed by atoms with Crippen molar-refractivity contribution in [1.29, 1.82) is 0 Å². The van der Waals surface area contributed by atoms with Gasteiger partial charge in [0, 0.05) is 18.4 Å². The van der Waals surface area contributed by atoms with Crippen molar-refractivity contribution in [2.24, 2.45) is 0 Å². The summed E-state index contributed by atoms with van der Waals surface area (Å²) in [5.41, 5.74) is 3.51. The van der Waals surface area contributed by atoms with Crippen molar-refractivity contribution in [3.05, 3.63) is 83.1 Å². The highest BCUT2D eigenvalue weighted by molar-refractivity contribution is 5.77. The summed E-state index contributed by atoms with van der Waals surface area (Å²) in [7, 11) is 0. The number of hydrogen-bond donors (Lipinski definition) is 1. The maximum Gasteiger partial charge on any atom is 0.353 e. The second-order valence-electron chi connectivity index (χ2n) is 8.05. The first-order chi connectivity index (χ1) is 16.6. The van der Waals surface area contributed by atoms with Crippen LogP contribution in [0.1, 0.15) is 48.8 Å². The maximum absolute atomic E-state index is 13.0. The summed E-state index contributed by atoms with van der Waals surface area (Å²) in [5.74, 6) is 0.935. The second-order valence-corrected chi connectivity index (χ2v) is 8.05. The zero-order valence-electron chi connectivity index (χ0n) is 19.1. The first-order valence-electron chi connectivity index (χ1n) is 11.4. The number of carbonyl (C=O) groups is 1. The molecule has 0 saturated heterocycles. The van der Waals surface area contributed by atoms with Gasteiger partial charge in [0.15, 0.2) is 5.82 Å². The van der Waals surface area contributed by atoms with Gasteiger partial charge in [-0.05, 0) is 46.0 Å². The number of aryl methyl sites for hydroxylation is 1. The normalized spacial score (nSPS) is 11.0. The molecule has 0 spiro atoms. The zero-order chi connectivity index (χ0) is 23.9. The Hall–Kier alpha value is -4.14. The fourth-order valence-corrected chi connectivity index (χ4v) is 3.72. The van der Waals surface area contributed by atoms with E-state index in [4.69, 9.17) is 0 Å².